The van der Waals surface area contributed by atoms with Crippen molar-refractivity contribution in [1.29, 1.82) is 0 Å². The van der Waals surface area contributed by atoms with Crippen LogP contribution in [0.1, 0.15) is 37.8 Å². The van der Waals surface area contributed by atoms with Gasteiger partial charge in [-0.1, -0.05) is 0 Å². The van der Waals surface area contributed by atoms with E-state index in [1.807, 2.05) is 5.38 Å². The zero-order chi connectivity index (χ0) is 13.7. The van der Waals surface area contributed by atoms with E-state index in [1.165, 1.54) is 43.4 Å². The molecule has 4 aliphatic carbocycles. The molecule has 1 aromatic rings. The summed E-state index contributed by atoms with van der Waals surface area (Å²) in [6.07, 6.45) is 7.16. The summed E-state index contributed by atoms with van der Waals surface area (Å²) in [4.78, 5) is 16.4. The molecule has 3 N–H and O–H groups in total. The van der Waals surface area contributed by atoms with Gasteiger partial charge < -0.3 is 11.1 Å². The molecule has 0 radical (unpaired) electrons. The van der Waals surface area contributed by atoms with E-state index in [0.29, 0.717) is 17.6 Å². The molecule has 0 aromatic carbocycles. The van der Waals surface area contributed by atoms with E-state index in [9.17, 15) is 4.79 Å². The molecule has 1 amide bonds. The van der Waals surface area contributed by atoms with Crippen LogP contribution in [0.3, 0.4) is 0 Å². The maximum atomic E-state index is 12.2. The summed E-state index contributed by atoms with van der Waals surface area (Å²) in [6.45, 7) is 0. The molecule has 0 unspecified atom stereocenters. The van der Waals surface area contributed by atoms with E-state index >= 15 is 0 Å². The Labute approximate surface area is 123 Å². The van der Waals surface area contributed by atoms with Crippen molar-refractivity contribution in [3.8, 4) is 0 Å². The molecule has 0 spiro atoms. The molecular formula is C15H21N3OS. The molecule has 0 aliphatic heterocycles. The molecule has 0 saturated heterocycles. The predicted octanol–water partition coefficient (Wildman–Crippen LogP) is 2.21. The van der Waals surface area contributed by atoms with Gasteiger partial charge in [0.25, 0.3) is 0 Å². The van der Waals surface area contributed by atoms with E-state index in [4.69, 9.17) is 5.73 Å². The van der Waals surface area contributed by atoms with Crippen LogP contribution in [0, 0.1) is 23.7 Å². The third kappa shape index (κ3) is 2.22. The topological polar surface area (TPSA) is 68.0 Å². The van der Waals surface area contributed by atoms with Crippen LogP contribution in [0.2, 0.25) is 0 Å². The maximum Gasteiger partial charge on any atom is 0.226 e. The highest BCUT2D eigenvalue weighted by molar-refractivity contribution is 7.13. The molecule has 1 heterocycles. The van der Waals surface area contributed by atoms with E-state index in [2.05, 4.69) is 10.3 Å². The van der Waals surface area contributed by atoms with Crippen LogP contribution in [0.25, 0.3) is 0 Å². The first kappa shape index (κ1) is 12.6. The van der Waals surface area contributed by atoms with Gasteiger partial charge in [-0.25, -0.2) is 4.98 Å². The number of hydrogen-bond acceptors (Lipinski definition) is 4. The van der Waals surface area contributed by atoms with Gasteiger partial charge in [-0.15, -0.1) is 11.3 Å². The van der Waals surface area contributed by atoms with Gasteiger partial charge in [-0.05, 0) is 55.8 Å². The van der Waals surface area contributed by atoms with Crippen molar-refractivity contribution in [2.24, 2.45) is 23.7 Å². The highest BCUT2D eigenvalue weighted by Crippen LogP contribution is 2.53. The first-order valence-corrected chi connectivity index (χ1v) is 8.54. The summed E-state index contributed by atoms with van der Waals surface area (Å²) in [5.74, 6) is 3.48. The average molecular weight is 291 g/mol. The summed E-state index contributed by atoms with van der Waals surface area (Å²) in [7, 11) is 0. The Balaban J connectivity index is 1.40. The number of hydrogen-bond donors (Lipinski definition) is 2. The quantitative estimate of drug-likeness (QED) is 0.897. The first-order chi connectivity index (χ1) is 9.67. The number of thiazole rings is 1. The maximum absolute atomic E-state index is 12.2. The number of nitrogen functional groups attached to an aromatic ring is 1. The number of carbonyl (C=O) groups is 1. The number of aromatic nitrogens is 1. The van der Waals surface area contributed by atoms with E-state index < -0.39 is 0 Å². The molecule has 0 atom stereocenters. The van der Waals surface area contributed by atoms with Crippen molar-refractivity contribution in [3.05, 3.63) is 11.1 Å². The van der Waals surface area contributed by atoms with Gasteiger partial charge in [0.1, 0.15) is 0 Å². The molecule has 4 bridgehead atoms. The Hall–Kier alpha value is -1.10. The SMILES string of the molecule is Nc1nc(CC(=O)NC2C3CC4CC(C3)CC2C4)cs1. The molecule has 1 aromatic heterocycles. The van der Waals surface area contributed by atoms with Gasteiger partial charge in [0.05, 0.1) is 12.1 Å². The van der Waals surface area contributed by atoms with Crippen molar-refractivity contribution in [1.82, 2.24) is 10.3 Å². The Morgan fingerprint density at radius 1 is 1.25 bits per heavy atom. The second-order valence-electron chi connectivity index (χ2n) is 6.88. The lowest BCUT2D eigenvalue weighted by atomic mass is 9.54. The van der Waals surface area contributed by atoms with Crippen molar-refractivity contribution in [2.45, 2.75) is 44.6 Å². The largest absolute Gasteiger partial charge is 0.375 e. The number of nitrogens with two attached hydrogens (primary N) is 1. The predicted molar refractivity (Wildman–Crippen MR) is 79.2 cm³/mol. The lowest BCUT2D eigenvalue weighted by Gasteiger charge is -2.54. The van der Waals surface area contributed by atoms with Gasteiger partial charge in [-0.3, -0.25) is 4.79 Å². The molecule has 4 fully saturated rings. The highest BCUT2D eigenvalue weighted by Gasteiger charge is 2.48. The average Bonchev–Trinajstić information content (AvgIpc) is 2.78. The van der Waals surface area contributed by atoms with Crippen LogP contribution in [0.15, 0.2) is 5.38 Å². The summed E-state index contributed by atoms with van der Waals surface area (Å²) in [5, 5.41) is 5.73. The zero-order valence-electron chi connectivity index (χ0n) is 11.5. The van der Waals surface area contributed by atoms with Crippen LogP contribution < -0.4 is 11.1 Å². The number of rotatable bonds is 3. The van der Waals surface area contributed by atoms with Gasteiger partial charge in [0, 0.05) is 11.4 Å². The van der Waals surface area contributed by atoms with Gasteiger partial charge >= 0.3 is 0 Å². The fourth-order valence-corrected chi connectivity index (χ4v) is 5.53. The molecular weight excluding hydrogens is 270 g/mol. The monoisotopic (exact) mass is 291 g/mol. The van der Waals surface area contributed by atoms with E-state index in [-0.39, 0.29) is 5.91 Å². The molecule has 4 nitrogen and oxygen atoms in total. The Morgan fingerprint density at radius 2 is 1.90 bits per heavy atom. The molecule has 4 saturated carbocycles. The Morgan fingerprint density at radius 3 is 2.45 bits per heavy atom. The van der Waals surface area contributed by atoms with Crippen molar-refractivity contribution in [3.63, 3.8) is 0 Å². The molecule has 108 valence electrons. The smallest absolute Gasteiger partial charge is 0.226 e. The fourth-order valence-electron chi connectivity index (χ4n) is 4.97. The molecule has 4 aliphatic rings. The minimum atomic E-state index is 0.118. The standard InChI is InChI=1S/C15H21N3OS/c16-15-17-12(7-20-15)6-13(19)18-14-10-2-8-1-9(4-10)5-11(14)3-8/h7-11,14H,1-6H2,(H2,16,17)(H,18,19). The Kier molecular flexibility index (Phi) is 2.98. The number of carbonyl (C=O) groups excluding carboxylic acids is 1. The zero-order valence-corrected chi connectivity index (χ0v) is 12.4. The summed E-state index contributed by atoms with van der Waals surface area (Å²) in [6, 6.07) is 0.422. The van der Waals surface area contributed by atoms with Crippen LogP contribution in [0.5, 0.6) is 0 Å². The van der Waals surface area contributed by atoms with Crippen molar-refractivity contribution < 1.29 is 4.79 Å². The van der Waals surface area contributed by atoms with Crippen molar-refractivity contribution in [2.75, 3.05) is 5.73 Å². The second-order valence-corrected chi connectivity index (χ2v) is 7.77. The van der Waals surface area contributed by atoms with Crippen LogP contribution >= 0.6 is 11.3 Å². The van der Waals surface area contributed by atoms with E-state index in [0.717, 1.165) is 29.4 Å². The molecule has 5 heteroatoms. The highest BCUT2D eigenvalue weighted by atomic mass is 32.1. The summed E-state index contributed by atoms with van der Waals surface area (Å²) >= 11 is 1.40. The first-order valence-electron chi connectivity index (χ1n) is 7.66. The molecule has 20 heavy (non-hydrogen) atoms. The lowest BCUT2D eigenvalue weighted by Crippen LogP contribution is -2.56. The summed E-state index contributed by atoms with van der Waals surface area (Å²) in [5.41, 5.74) is 6.41. The van der Waals surface area contributed by atoms with Gasteiger partial charge in [-0.2, -0.15) is 0 Å². The molecule has 5 rings (SSSR count). The number of amides is 1. The number of anilines is 1. The second kappa shape index (κ2) is 4.72. The summed E-state index contributed by atoms with van der Waals surface area (Å²) < 4.78 is 0. The van der Waals surface area contributed by atoms with E-state index in [1.54, 1.807) is 0 Å². The lowest BCUT2D eigenvalue weighted by molar-refractivity contribution is -0.124. The van der Waals surface area contributed by atoms with Gasteiger partial charge in [0.15, 0.2) is 5.13 Å². The Bertz CT molecular complexity index is 499. The van der Waals surface area contributed by atoms with Crippen LogP contribution in [0.4, 0.5) is 5.13 Å². The normalized spacial score (nSPS) is 38.1. The minimum absolute atomic E-state index is 0.118. The fraction of sp³-hybridized carbons (Fsp3) is 0.733. The third-order valence-corrected chi connectivity index (χ3v) is 6.19. The van der Waals surface area contributed by atoms with Crippen LogP contribution in [-0.2, 0) is 11.2 Å². The number of nitrogens with one attached hydrogen (secondary N) is 1. The van der Waals surface area contributed by atoms with Crippen LogP contribution in [-0.4, -0.2) is 16.9 Å². The third-order valence-electron chi connectivity index (χ3n) is 5.47. The minimum Gasteiger partial charge on any atom is -0.375 e. The number of nitrogens with zero attached hydrogens (tertiary/aromatic N) is 1. The van der Waals surface area contributed by atoms with Crippen molar-refractivity contribution >= 4 is 22.4 Å². The van der Waals surface area contributed by atoms with Gasteiger partial charge in [0.2, 0.25) is 5.91 Å².